The number of amides is 4. The van der Waals surface area contributed by atoms with Crippen molar-refractivity contribution in [2.24, 2.45) is 16.7 Å². The minimum atomic E-state index is -0.635. The molecule has 15 heteroatoms. The number of hydrogen-bond acceptors (Lipinski definition) is 11. The molecule has 2 saturated carbocycles. The van der Waals surface area contributed by atoms with Crippen LogP contribution in [0.2, 0.25) is 5.02 Å². The van der Waals surface area contributed by atoms with Gasteiger partial charge in [-0.3, -0.25) is 29.4 Å². The summed E-state index contributed by atoms with van der Waals surface area (Å²) in [5.41, 5.74) is 1.45. The van der Waals surface area contributed by atoms with Crippen molar-refractivity contribution in [3.63, 3.8) is 0 Å². The van der Waals surface area contributed by atoms with Crippen LogP contribution in [0.3, 0.4) is 0 Å². The van der Waals surface area contributed by atoms with E-state index in [1.165, 1.54) is 0 Å². The molecule has 0 spiro atoms. The van der Waals surface area contributed by atoms with Crippen LogP contribution in [0.5, 0.6) is 11.5 Å². The van der Waals surface area contributed by atoms with Crippen molar-refractivity contribution in [2.75, 3.05) is 24.5 Å². The summed E-state index contributed by atoms with van der Waals surface area (Å²) in [5, 5.41) is 15.1. The van der Waals surface area contributed by atoms with Gasteiger partial charge in [0, 0.05) is 98.4 Å². The molecule has 8 rings (SSSR count). The van der Waals surface area contributed by atoms with Gasteiger partial charge in [-0.15, -0.1) is 0 Å². The molecule has 1 aromatic heterocycles. The molecule has 2 saturated heterocycles. The Balaban J connectivity index is 0.788. The normalized spacial score (nSPS) is 25.6. The predicted molar refractivity (Wildman–Crippen MR) is 228 cm³/mol. The molecule has 4 amide bonds. The van der Waals surface area contributed by atoms with E-state index in [9.17, 15) is 24.4 Å². The maximum absolute atomic E-state index is 13.5. The van der Waals surface area contributed by atoms with Crippen LogP contribution in [0.25, 0.3) is 0 Å². The fourth-order valence-electron chi connectivity index (χ4n) is 10.5. The third kappa shape index (κ3) is 8.26. The van der Waals surface area contributed by atoms with Crippen LogP contribution < -0.4 is 25.0 Å². The monoisotopic (exact) mass is 850 g/mol. The fraction of sp³-hybridized carbons (Fsp3) is 0.543. The van der Waals surface area contributed by atoms with E-state index in [1.54, 1.807) is 41.6 Å². The Kier molecular flexibility index (Phi) is 11.5. The van der Waals surface area contributed by atoms with Gasteiger partial charge in [-0.25, -0.2) is 9.97 Å². The number of ether oxygens (including phenoxy) is 2. The topological polar surface area (TPSA) is 170 Å². The molecule has 2 aliphatic carbocycles. The number of fused-ring (bicyclic) bond motifs is 1. The Labute approximate surface area is 362 Å². The van der Waals surface area contributed by atoms with E-state index in [0.717, 1.165) is 50.9 Å². The highest BCUT2D eigenvalue weighted by molar-refractivity contribution is 6.31. The van der Waals surface area contributed by atoms with Crippen LogP contribution >= 0.6 is 11.6 Å². The number of piperidine rings is 2. The Morgan fingerprint density at radius 3 is 2.31 bits per heavy atom. The van der Waals surface area contributed by atoms with Gasteiger partial charge in [0.25, 0.3) is 11.8 Å². The third-order valence-corrected chi connectivity index (χ3v) is 14.0. The quantitative estimate of drug-likeness (QED) is 0.208. The molecule has 4 fully saturated rings. The standard InChI is InChI=1S/C46H55ClN8O6/c1-26(2)54(31-17-34(18-31)60-32-10-8-29-25-55(41(59)35(29)19-32)37-11-12-38(56)51-40(37)58)24-27-13-15-53(16-14-27)44-49-22-30(23-50-44)39(57)52-42-45(3,4)43(46(42,5)6)61-33-9-7-28(21-48)36(47)20-33/h7-10,19-20,22-23,26-27,31,34,37,42-43H,11-18,24-25H2,1-6H3,(H,52,57)(H,51,56,58)/t31?,34?,37-,42?,43?/m1/s1. The first kappa shape index (κ1) is 42.4. The van der Waals surface area contributed by atoms with Crippen LogP contribution in [0.1, 0.15) is 112 Å². The van der Waals surface area contributed by atoms with Crippen LogP contribution in [0, 0.1) is 28.1 Å². The lowest BCUT2D eigenvalue weighted by Crippen LogP contribution is -2.74. The Hall–Kier alpha value is -5.26. The van der Waals surface area contributed by atoms with E-state index in [0.29, 0.717) is 70.1 Å². The molecule has 0 radical (unpaired) electrons. The van der Waals surface area contributed by atoms with Gasteiger partial charge in [0.2, 0.25) is 17.8 Å². The van der Waals surface area contributed by atoms with E-state index >= 15 is 0 Å². The SMILES string of the molecule is CC(C)N(CC1CCN(c2ncc(C(=O)NC3C(C)(C)C(Oc4ccc(C#N)c(Cl)c4)C3(C)C)cn2)CC1)C1CC(Oc2ccc3c(c2)C(=O)N([C@@H]2CCC(=O)NC2=O)C3)C1. The zero-order chi connectivity index (χ0) is 43.4. The Bertz CT molecular complexity index is 2230. The summed E-state index contributed by atoms with van der Waals surface area (Å²) in [6.45, 7) is 15.8. The number of nitrogens with zero attached hydrogens (tertiary/aromatic N) is 6. The first-order valence-electron chi connectivity index (χ1n) is 21.5. The molecule has 0 unspecified atom stereocenters. The minimum absolute atomic E-state index is 0.0638. The van der Waals surface area contributed by atoms with Gasteiger partial charge in [-0.2, -0.15) is 5.26 Å². The lowest BCUT2D eigenvalue weighted by Gasteiger charge is -2.63. The van der Waals surface area contributed by atoms with Crippen molar-refractivity contribution >= 4 is 41.2 Å². The van der Waals surface area contributed by atoms with Crippen molar-refractivity contribution in [2.45, 2.75) is 123 Å². The second-order valence-corrected chi connectivity index (χ2v) is 19.3. The molecule has 14 nitrogen and oxygen atoms in total. The Morgan fingerprint density at radius 1 is 1.00 bits per heavy atom. The van der Waals surface area contributed by atoms with E-state index in [4.69, 9.17) is 21.1 Å². The first-order valence-corrected chi connectivity index (χ1v) is 21.9. The number of benzene rings is 2. The van der Waals surface area contributed by atoms with Gasteiger partial charge in [0.05, 0.1) is 16.1 Å². The number of nitrogens with one attached hydrogen (secondary N) is 2. The molecule has 5 aliphatic rings. The van der Waals surface area contributed by atoms with Crippen molar-refractivity contribution in [3.05, 3.63) is 76.1 Å². The van der Waals surface area contributed by atoms with Crippen molar-refractivity contribution < 1.29 is 28.7 Å². The number of rotatable bonds is 12. The average Bonchev–Trinajstić information content (AvgIpc) is 3.54. The summed E-state index contributed by atoms with van der Waals surface area (Å²) >= 11 is 6.25. The number of imide groups is 1. The second kappa shape index (κ2) is 16.5. The van der Waals surface area contributed by atoms with Crippen LogP contribution in [0.4, 0.5) is 5.95 Å². The number of carbonyl (C=O) groups is 4. The molecule has 2 N–H and O–H groups in total. The van der Waals surface area contributed by atoms with Crippen molar-refractivity contribution in [1.29, 1.82) is 5.26 Å². The van der Waals surface area contributed by atoms with Gasteiger partial charge in [0.1, 0.15) is 35.8 Å². The molecule has 61 heavy (non-hydrogen) atoms. The van der Waals surface area contributed by atoms with E-state index in [2.05, 4.69) is 78.0 Å². The zero-order valence-electron chi connectivity index (χ0n) is 35.7. The Morgan fingerprint density at radius 2 is 1.67 bits per heavy atom. The van der Waals surface area contributed by atoms with E-state index in [1.807, 2.05) is 12.1 Å². The van der Waals surface area contributed by atoms with Gasteiger partial charge in [0.15, 0.2) is 0 Å². The van der Waals surface area contributed by atoms with Gasteiger partial charge in [-0.05, 0) is 68.9 Å². The molecule has 3 aliphatic heterocycles. The van der Waals surface area contributed by atoms with Gasteiger partial charge >= 0.3 is 0 Å². The van der Waals surface area contributed by atoms with Crippen molar-refractivity contribution in [1.82, 2.24) is 30.4 Å². The lowest BCUT2D eigenvalue weighted by atomic mass is 9.49. The van der Waals surface area contributed by atoms with E-state index in [-0.39, 0.29) is 53.2 Å². The first-order chi connectivity index (χ1) is 29.0. The molecular formula is C46H55ClN8O6. The molecule has 322 valence electrons. The highest BCUT2D eigenvalue weighted by Gasteiger charge is 2.64. The zero-order valence-corrected chi connectivity index (χ0v) is 36.5. The van der Waals surface area contributed by atoms with Crippen molar-refractivity contribution in [3.8, 4) is 17.6 Å². The minimum Gasteiger partial charge on any atom is -0.490 e. The number of hydrogen-bond donors (Lipinski definition) is 2. The summed E-state index contributed by atoms with van der Waals surface area (Å²) in [7, 11) is 0. The third-order valence-electron chi connectivity index (χ3n) is 13.7. The summed E-state index contributed by atoms with van der Waals surface area (Å²) in [6, 6.07) is 12.7. The van der Waals surface area contributed by atoms with Crippen LogP contribution in [0.15, 0.2) is 48.8 Å². The number of carbonyl (C=O) groups excluding carboxylic acids is 4. The van der Waals surface area contributed by atoms with Crippen LogP contribution in [-0.2, 0) is 16.1 Å². The number of anilines is 1. The van der Waals surface area contributed by atoms with Crippen LogP contribution in [-0.4, -0.2) is 99.4 Å². The molecule has 3 aromatic rings. The molecule has 0 bridgehead atoms. The van der Waals surface area contributed by atoms with Gasteiger partial charge in [-0.1, -0.05) is 45.4 Å². The summed E-state index contributed by atoms with van der Waals surface area (Å²) < 4.78 is 12.7. The van der Waals surface area contributed by atoms with Gasteiger partial charge < -0.3 is 24.6 Å². The molecule has 2 aromatic carbocycles. The predicted octanol–water partition coefficient (Wildman–Crippen LogP) is 5.91. The summed E-state index contributed by atoms with van der Waals surface area (Å²) in [4.78, 5) is 66.5. The molecule has 1 atom stereocenters. The van der Waals surface area contributed by atoms with E-state index < -0.39 is 11.9 Å². The maximum atomic E-state index is 13.5. The summed E-state index contributed by atoms with van der Waals surface area (Å²) in [6.07, 6.45) is 7.51. The lowest BCUT2D eigenvalue weighted by molar-refractivity contribution is -0.164. The number of nitriles is 1. The fourth-order valence-corrected chi connectivity index (χ4v) is 10.7. The summed E-state index contributed by atoms with van der Waals surface area (Å²) in [5.74, 6) is 1.28. The largest absolute Gasteiger partial charge is 0.490 e. The maximum Gasteiger partial charge on any atom is 0.255 e. The molecular weight excluding hydrogens is 796 g/mol. The number of aromatic nitrogens is 2. The smallest absolute Gasteiger partial charge is 0.255 e. The second-order valence-electron chi connectivity index (χ2n) is 18.9. The highest BCUT2D eigenvalue weighted by Crippen LogP contribution is 2.55. The number of halogens is 1. The highest BCUT2D eigenvalue weighted by atomic mass is 35.5. The average molecular weight is 851 g/mol. The molecule has 4 heterocycles.